The van der Waals surface area contributed by atoms with Gasteiger partial charge in [-0.2, -0.15) is 0 Å². The first-order chi connectivity index (χ1) is 11.5. The van der Waals surface area contributed by atoms with Crippen LogP contribution >= 0.6 is 11.6 Å². The van der Waals surface area contributed by atoms with Crippen molar-refractivity contribution in [3.8, 4) is 0 Å². The molecule has 0 atom stereocenters. The van der Waals surface area contributed by atoms with E-state index >= 15 is 0 Å². The van der Waals surface area contributed by atoms with Gasteiger partial charge in [-0.3, -0.25) is 0 Å². The smallest absolute Gasteiger partial charge is 0.139 e. The molecule has 1 aromatic carbocycles. The Labute approximate surface area is 147 Å². The van der Waals surface area contributed by atoms with Crippen LogP contribution in [0.2, 0.25) is 5.15 Å². The summed E-state index contributed by atoms with van der Waals surface area (Å²) in [5.41, 5.74) is 2.51. The zero-order valence-corrected chi connectivity index (χ0v) is 15.0. The lowest BCUT2D eigenvalue weighted by Gasteiger charge is -2.28. The number of pyridine rings is 1. The molecule has 0 radical (unpaired) electrons. The van der Waals surface area contributed by atoms with Gasteiger partial charge in [0.05, 0.1) is 12.2 Å². The fraction of sp³-hybridized carbons (Fsp3) is 0.368. The van der Waals surface area contributed by atoms with Crippen molar-refractivity contribution < 1.29 is 0 Å². The van der Waals surface area contributed by atoms with Crippen LogP contribution in [0.1, 0.15) is 37.0 Å². The molecule has 0 spiro atoms. The van der Waals surface area contributed by atoms with E-state index < -0.39 is 0 Å². The second kappa shape index (κ2) is 5.78. The molecule has 0 bridgehead atoms. The molecule has 0 amide bonds. The minimum absolute atomic E-state index is 0.433. The predicted octanol–water partition coefficient (Wildman–Crippen LogP) is 4.31. The molecule has 0 fully saturated rings. The van der Waals surface area contributed by atoms with Gasteiger partial charge in [-0.1, -0.05) is 49.7 Å². The van der Waals surface area contributed by atoms with Crippen LogP contribution in [0, 0.1) is 0 Å². The second-order valence-corrected chi connectivity index (χ2v) is 7.10. The summed E-state index contributed by atoms with van der Waals surface area (Å²) in [7, 11) is 2.13. The molecule has 0 unspecified atom stereocenters. The lowest BCUT2D eigenvalue weighted by atomic mass is 10.1. The molecule has 2 aromatic heterocycles. The summed E-state index contributed by atoms with van der Waals surface area (Å²) in [5, 5.41) is 2.69. The number of anilines is 1. The Kier molecular flexibility index (Phi) is 3.72. The highest BCUT2D eigenvalue weighted by Gasteiger charge is 2.24. The topological polar surface area (TPSA) is 34.0 Å². The molecule has 24 heavy (non-hydrogen) atoms. The number of imidazole rings is 1. The molecule has 0 aliphatic carbocycles. The van der Waals surface area contributed by atoms with Gasteiger partial charge in [0.1, 0.15) is 16.8 Å². The lowest BCUT2D eigenvalue weighted by molar-refractivity contribution is 0.659. The van der Waals surface area contributed by atoms with Gasteiger partial charge in [0.2, 0.25) is 0 Å². The Hall–Kier alpha value is -2.07. The van der Waals surface area contributed by atoms with Crippen LogP contribution in [0.4, 0.5) is 5.82 Å². The summed E-state index contributed by atoms with van der Waals surface area (Å²) in [6.45, 7) is 6.11. The van der Waals surface area contributed by atoms with Crippen molar-refractivity contribution in [2.45, 2.75) is 32.7 Å². The van der Waals surface area contributed by atoms with E-state index in [4.69, 9.17) is 16.6 Å². The first-order valence-electron chi connectivity index (χ1n) is 8.39. The maximum Gasteiger partial charge on any atom is 0.139 e. The van der Waals surface area contributed by atoms with E-state index in [2.05, 4.69) is 47.5 Å². The molecular weight excluding hydrogens is 320 g/mol. The van der Waals surface area contributed by atoms with Crippen molar-refractivity contribution in [3.63, 3.8) is 0 Å². The second-order valence-electron chi connectivity index (χ2n) is 6.74. The van der Waals surface area contributed by atoms with E-state index in [9.17, 15) is 0 Å². The van der Waals surface area contributed by atoms with Crippen molar-refractivity contribution in [1.82, 2.24) is 14.5 Å². The molecule has 4 nitrogen and oxygen atoms in total. The molecule has 3 aromatic rings. The van der Waals surface area contributed by atoms with Crippen LogP contribution < -0.4 is 4.90 Å². The average Bonchev–Trinajstić information content (AvgIpc) is 2.91. The molecule has 1 aliphatic rings. The number of hydrogen-bond acceptors (Lipinski definition) is 3. The lowest BCUT2D eigenvalue weighted by Crippen LogP contribution is -2.31. The van der Waals surface area contributed by atoms with Gasteiger partial charge in [0.15, 0.2) is 0 Å². The van der Waals surface area contributed by atoms with Crippen LogP contribution in [0.3, 0.4) is 0 Å². The zero-order valence-electron chi connectivity index (χ0n) is 14.3. The van der Waals surface area contributed by atoms with Gasteiger partial charge < -0.3 is 9.47 Å². The molecule has 4 rings (SSSR count). The third-order valence-electron chi connectivity index (χ3n) is 4.81. The van der Waals surface area contributed by atoms with Gasteiger partial charge in [0.25, 0.3) is 0 Å². The highest BCUT2D eigenvalue weighted by atomic mass is 35.5. The monoisotopic (exact) mass is 340 g/mol. The van der Waals surface area contributed by atoms with Crippen molar-refractivity contribution in [3.05, 3.63) is 52.7 Å². The summed E-state index contributed by atoms with van der Waals surface area (Å²) in [6, 6.07) is 10.2. The average molecular weight is 341 g/mol. The van der Waals surface area contributed by atoms with Crippen LogP contribution in [-0.4, -0.2) is 21.1 Å². The number of fused-ring (bicyclic) bond motifs is 2. The van der Waals surface area contributed by atoms with E-state index in [0.717, 1.165) is 41.9 Å². The van der Waals surface area contributed by atoms with Crippen LogP contribution in [0.5, 0.6) is 0 Å². The number of nitrogens with zero attached hydrogens (tertiary/aromatic N) is 4. The summed E-state index contributed by atoms with van der Waals surface area (Å²) in [4.78, 5) is 11.8. The molecule has 124 valence electrons. The molecular formula is C19H21ClN4. The Morgan fingerprint density at radius 3 is 2.75 bits per heavy atom. The third-order valence-corrected chi connectivity index (χ3v) is 5.10. The zero-order chi connectivity index (χ0) is 16.8. The molecule has 0 saturated carbocycles. The van der Waals surface area contributed by atoms with Crippen LogP contribution in [0.25, 0.3) is 10.8 Å². The van der Waals surface area contributed by atoms with E-state index in [0.29, 0.717) is 11.1 Å². The summed E-state index contributed by atoms with van der Waals surface area (Å²) in [6.07, 6.45) is 0.984. The molecule has 3 heterocycles. The van der Waals surface area contributed by atoms with Gasteiger partial charge in [0, 0.05) is 37.0 Å². The number of halogens is 1. The van der Waals surface area contributed by atoms with E-state index in [1.165, 1.54) is 11.4 Å². The van der Waals surface area contributed by atoms with E-state index in [-0.39, 0.29) is 0 Å². The number of rotatable bonds is 2. The van der Waals surface area contributed by atoms with E-state index in [1.54, 1.807) is 0 Å². The maximum absolute atomic E-state index is 6.40. The molecule has 5 heteroatoms. The SMILES string of the molecule is CC(C)c1nc2c(n1C)CCN(c1cc3ccccc3c(Cl)n1)C2. The number of hydrogen-bond donors (Lipinski definition) is 0. The molecule has 0 N–H and O–H groups in total. The number of benzene rings is 1. The van der Waals surface area contributed by atoms with Crippen molar-refractivity contribution in [2.24, 2.45) is 7.05 Å². The van der Waals surface area contributed by atoms with Gasteiger partial charge in [-0.25, -0.2) is 9.97 Å². The Morgan fingerprint density at radius 1 is 1.17 bits per heavy atom. The highest BCUT2D eigenvalue weighted by molar-refractivity contribution is 6.34. The Bertz CT molecular complexity index is 913. The summed E-state index contributed by atoms with van der Waals surface area (Å²) >= 11 is 6.40. The maximum atomic E-state index is 6.40. The summed E-state index contributed by atoms with van der Waals surface area (Å²) < 4.78 is 2.26. The first kappa shape index (κ1) is 15.5. The first-order valence-corrected chi connectivity index (χ1v) is 8.77. The van der Waals surface area contributed by atoms with Gasteiger partial charge in [-0.05, 0) is 11.5 Å². The van der Waals surface area contributed by atoms with Crippen molar-refractivity contribution >= 4 is 28.2 Å². The van der Waals surface area contributed by atoms with Gasteiger partial charge >= 0.3 is 0 Å². The largest absolute Gasteiger partial charge is 0.350 e. The van der Waals surface area contributed by atoms with Crippen LogP contribution in [0.15, 0.2) is 30.3 Å². The third kappa shape index (κ3) is 2.46. The normalized spacial score (nSPS) is 14.5. The Balaban J connectivity index is 1.71. The summed E-state index contributed by atoms with van der Waals surface area (Å²) in [5.74, 6) is 2.52. The molecule has 0 saturated heterocycles. The van der Waals surface area contributed by atoms with Gasteiger partial charge in [-0.15, -0.1) is 0 Å². The fourth-order valence-corrected chi connectivity index (χ4v) is 3.82. The predicted molar refractivity (Wildman–Crippen MR) is 98.8 cm³/mol. The van der Waals surface area contributed by atoms with E-state index in [1.807, 2.05) is 18.2 Å². The minimum Gasteiger partial charge on any atom is -0.350 e. The number of aromatic nitrogens is 3. The van der Waals surface area contributed by atoms with Crippen molar-refractivity contribution in [2.75, 3.05) is 11.4 Å². The standard InChI is InChI=1S/C19H21ClN4/c1-12(2)19-21-15-11-24(9-8-16(15)23(19)3)17-10-13-6-4-5-7-14(13)18(20)22-17/h4-7,10,12H,8-9,11H2,1-3H3. The Morgan fingerprint density at radius 2 is 1.96 bits per heavy atom. The minimum atomic E-state index is 0.433. The molecule has 1 aliphatic heterocycles. The fourth-order valence-electron chi connectivity index (χ4n) is 3.57. The highest BCUT2D eigenvalue weighted by Crippen LogP contribution is 2.30. The quantitative estimate of drug-likeness (QED) is 0.652. The van der Waals surface area contributed by atoms with Crippen LogP contribution in [-0.2, 0) is 20.0 Å². The van der Waals surface area contributed by atoms with Crippen molar-refractivity contribution in [1.29, 1.82) is 0 Å².